The van der Waals surface area contributed by atoms with Crippen LogP contribution in [0.5, 0.6) is 0 Å². The van der Waals surface area contributed by atoms with Crippen molar-refractivity contribution >= 4 is 0 Å². The van der Waals surface area contributed by atoms with Gasteiger partial charge in [-0.1, -0.05) is 0 Å². The summed E-state index contributed by atoms with van der Waals surface area (Å²) in [6, 6.07) is 0.620. The van der Waals surface area contributed by atoms with Gasteiger partial charge in [-0.05, 0) is 57.8 Å². The zero-order chi connectivity index (χ0) is 17.2. The van der Waals surface area contributed by atoms with E-state index in [2.05, 4.69) is 48.9 Å². The molecule has 25 heavy (non-hydrogen) atoms. The minimum atomic E-state index is 0.620. The van der Waals surface area contributed by atoms with Crippen LogP contribution in [0.1, 0.15) is 48.8 Å². The second-order valence-electron chi connectivity index (χ2n) is 7.68. The Hall–Kier alpha value is -1.73. The fourth-order valence-corrected chi connectivity index (χ4v) is 3.86. The van der Waals surface area contributed by atoms with E-state index in [0.717, 1.165) is 25.3 Å². The Kier molecular flexibility index (Phi) is 4.85. The van der Waals surface area contributed by atoms with E-state index in [1.54, 1.807) is 0 Å². The largest absolute Gasteiger partial charge is 0.317 e. The highest BCUT2D eigenvalue weighted by Crippen LogP contribution is 2.38. The van der Waals surface area contributed by atoms with Crippen molar-refractivity contribution in [2.24, 2.45) is 7.05 Å². The van der Waals surface area contributed by atoms with Gasteiger partial charge in [0.15, 0.2) is 0 Å². The molecule has 7 heteroatoms. The van der Waals surface area contributed by atoms with Gasteiger partial charge in [-0.25, -0.2) is 0 Å². The third-order valence-electron chi connectivity index (χ3n) is 5.70. The van der Waals surface area contributed by atoms with Crippen LogP contribution in [0, 0.1) is 0 Å². The average Bonchev–Trinajstić information content (AvgIpc) is 3.01. The summed E-state index contributed by atoms with van der Waals surface area (Å²) in [6.45, 7) is 4.43. The topological polar surface area (TPSA) is 65.9 Å². The van der Waals surface area contributed by atoms with Gasteiger partial charge in [0.2, 0.25) is 0 Å². The van der Waals surface area contributed by atoms with Crippen molar-refractivity contribution in [3.8, 4) is 0 Å². The van der Waals surface area contributed by atoms with Gasteiger partial charge in [-0.15, -0.1) is 10.2 Å². The number of nitrogens with one attached hydrogen (secondary N) is 1. The first-order valence-electron chi connectivity index (χ1n) is 9.49. The summed E-state index contributed by atoms with van der Waals surface area (Å²) in [4.78, 5) is 5.05. The molecule has 7 nitrogen and oxygen atoms in total. The molecule has 3 heterocycles. The molecule has 0 spiro atoms. The second-order valence-corrected chi connectivity index (χ2v) is 7.68. The monoisotopic (exact) mass is 343 g/mol. The molecule has 1 atom stereocenters. The highest BCUT2D eigenvalue weighted by molar-refractivity contribution is 5.08. The molecule has 2 aromatic heterocycles. The van der Waals surface area contributed by atoms with E-state index >= 15 is 0 Å². The summed E-state index contributed by atoms with van der Waals surface area (Å²) in [5, 5.41) is 15.7. The fraction of sp³-hybridized carbons (Fsp3) is 0.722. The van der Waals surface area contributed by atoms with Crippen LogP contribution < -0.4 is 0 Å². The molecule has 1 aliphatic carbocycles. The van der Waals surface area contributed by atoms with E-state index in [9.17, 15) is 0 Å². The van der Waals surface area contributed by atoms with Gasteiger partial charge >= 0.3 is 0 Å². The molecular weight excluding hydrogens is 314 g/mol. The number of aromatic nitrogens is 5. The Labute approximate surface area is 149 Å². The normalized spacial score (nSPS) is 21.5. The van der Waals surface area contributed by atoms with Crippen LogP contribution >= 0.6 is 0 Å². The standard InChI is InChI=1S/C18H29N7/c1-23(13-17-21-22-18(24(17)2)15-5-6-15)16-7-9-25(12-16)8-3-4-14-10-19-20-11-14/h10-11,15-16H,3-9,12-13H2,1-2H3,(H,19,20). The summed E-state index contributed by atoms with van der Waals surface area (Å²) >= 11 is 0. The Morgan fingerprint density at radius 2 is 2.16 bits per heavy atom. The van der Waals surface area contributed by atoms with Crippen LogP contribution in [-0.4, -0.2) is 67.5 Å². The number of nitrogens with zero attached hydrogens (tertiary/aromatic N) is 6. The van der Waals surface area contributed by atoms with Gasteiger partial charge < -0.3 is 9.47 Å². The second kappa shape index (κ2) is 7.25. The van der Waals surface area contributed by atoms with E-state index in [1.807, 2.05) is 12.4 Å². The molecule has 2 aliphatic rings. The van der Waals surface area contributed by atoms with Gasteiger partial charge in [0.1, 0.15) is 11.6 Å². The molecule has 0 aromatic carbocycles. The van der Waals surface area contributed by atoms with Crippen LogP contribution in [0.25, 0.3) is 0 Å². The highest BCUT2D eigenvalue weighted by atomic mass is 15.3. The first-order chi connectivity index (χ1) is 12.2. The maximum atomic E-state index is 4.43. The minimum Gasteiger partial charge on any atom is -0.317 e. The van der Waals surface area contributed by atoms with E-state index in [0.29, 0.717) is 12.0 Å². The lowest BCUT2D eigenvalue weighted by molar-refractivity contribution is 0.218. The number of hydrogen-bond donors (Lipinski definition) is 1. The molecule has 0 radical (unpaired) electrons. The van der Waals surface area contributed by atoms with Crippen LogP contribution in [0.15, 0.2) is 12.4 Å². The van der Waals surface area contributed by atoms with Crippen molar-refractivity contribution in [1.29, 1.82) is 0 Å². The molecule has 1 saturated heterocycles. The third-order valence-corrected chi connectivity index (χ3v) is 5.70. The van der Waals surface area contributed by atoms with Crippen molar-refractivity contribution in [3.63, 3.8) is 0 Å². The fourth-order valence-electron chi connectivity index (χ4n) is 3.86. The van der Waals surface area contributed by atoms with Crippen LogP contribution in [0.4, 0.5) is 0 Å². The van der Waals surface area contributed by atoms with Crippen molar-refractivity contribution in [2.45, 2.75) is 50.6 Å². The minimum absolute atomic E-state index is 0.620. The van der Waals surface area contributed by atoms with Gasteiger partial charge in [0, 0.05) is 31.7 Å². The predicted molar refractivity (Wildman–Crippen MR) is 96.2 cm³/mol. The lowest BCUT2D eigenvalue weighted by Crippen LogP contribution is -2.35. The maximum absolute atomic E-state index is 4.43. The van der Waals surface area contributed by atoms with Gasteiger partial charge in [-0.2, -0.15) is 5.10 Å². The molecule has 1 unspecified atom stereocenters. The lowest BCUT2D eigenvalue weighted by Gasteiger charge is -2.24. The predicted octanol–water partition coefficient (Wildman–Crippen LogP) is 1.55. The summed E-state index contributed by atoms with van der Waals surface area (Å²) in [7, 11) is 4.35. The molecule has 0 bridgehead atoms. The first-order valence-corrected chi connectivity index (χ1v) is 9.49. The van der Waals surface area contributed by atoms with Gasteiger partial charge in [0.05, 0.1) is 12.7 Å². The lowest BCUT2D eigenvalue weighted by atomic mass is 10.2. The van der Waals surface area contributed by atoms with Gasteiger partial charge in [-0.3, -0.25) is 10.00 Å². The highest BCUT2D eigenvalue weighted by Gasteiger charge is 2.30. The van der Waals surface area contributed by atoms with Gasteiger partial charge in [0.25, 0.3) is 0 Å². The Morgan fingerprint density at radius 1 is 1.28 bits per heavy atom. The summed E-state index contributed by atoms with van der Waals surface area (Å²) in [5.41, 5.74) is 1.31. The van der Waals surface area contributed by atoms with Crippen molar-refractivity contribution in [2.75, 3.05) is 26.7 Å². The molecule has 2 aromatic rings. The van der Waals surface area contributed by atoms with E-state index in [4.69, 9.17) is 0 Å². The van der Waals surface area contributed by atoms with Crippen LogP contribution in [0.2, 0.25) is 0 Å². The van der Waals surface area contributed by atoms with E-state index in [1.165, 1.54) is 50.2 Å². The Morgan fingerprint density at radius 3 is 2.92 bits per heavy atom. The number of aryl methyl sites for hydroxylation is 1. The molecule has 4 rings (SSSR count). The zero-order valence-corrected chi connectivity index (χ0v) is 15.4. The summed E-state index contributed by atoms with van der Waals surface area (Å²) in [5.74, 6) is 2.94. The van der Waals surface area contributed by atoms with Crippen molar-refractivity contribution in [1.82, 2.24) is 34.8 Å². The average molecular weight is 343 g/mol. The molecule has 1 N–H and O–H groups in total. The van der Waals surface area contributed by atoms with Crippen molar-refractivity contribution < 1.29 is 0 Å². The SMILES string of the molecule is CN(Cc1nnc(C2CC2)n1C)C1CCN(CCCc2cn[nH]c2)C1. The molecule has 1 aliphatic heterocycles. The van der Waals surface area contributed by atoms with Crippen LogP contribution in [-0.2, 0) is 20.0 Å². The quantitative estimate of drug-likeness (QED) is 0.788. The smallest absolute Gasteiger partial charge is 0.146 e. The number of H-pyrrole nitrogens is 1. The Balaban J connectivity index is 1.23. The van der Waals surface area contributed by atoms with Crippen LogP contribution in [0.3, 0.4) is 0 Å². The third kappa shape index (κ3) is 3.93. The van der Waals surface area contributed by atoms with E-state index < -0.39 is 0 Å². The summed E-state index contributed by atoms with van der Waals surface area (Å²) < 4.78 is 2.21. The number of aromatic amines is 1. The molecule has 0 amide bonds. The zero-order valence-electron chi connectivity index (χ0n) is 15.4. The molecular formula is C18H29N7. The number of rotatable bonds is 8. The van der Waals surface area contributed by atoms with Crippen molar-refractivity contribution in [3.05, 3.63) is 29.6 Å². The molecule has 136 valence electrons. The number of hydrogen-bond acceptors (Lipinski definition) is 5. The number of likely N-dealkylation sites (tertiary alicyclic amines) is 1. The number of likely N-dealkylation sites (N-methyl/N-ethyl adjacent to an activating group) is 1. The maximum Gasteiger partial charge on any atom is 0.146 e. The molecule has 2 fully saturated rings. The first kappa shape index (κ1) is 16.7. The Bertz CT molecular complexity index is 674. The summed E-state index contributed by atoms with van der Waals surface area (Å²) in [6.07, 6.45) is 10.0. The van der Waals surface area contributed by atoms with E-state index in [-0.39, 0.29) is 0 Å². The molecule has 1 saturated carbocycles.